The van der Waals surface area contributed by atoms with Crippen molar-refractivity contribution < 1.29 is 18.3 Å². The standard InChI is InChI=1S/C17H19F2N3O2.HI/c1-23-13-4-6-16(24-2)15(10-13)22-17(20)21-8-7-11-9-12(18)3-5-14(11)19;/h3-6,9-10H,7-8H2,1-2H3,(H3,20,21,22);1H. The fourth-order valence-electron chi connectivity index (χ4n) is 2.12. The van der Waals surface area contributed by atoms with Crippen molar-refractivity contribution in [3.05, 3.63) is 53.6 Å². The first-order valence-electron chi connectivity index (χ1n) is 7.26. The molecule has 0 aliphatic heterocycles. The minimum atomic E-state index is -0.484. The number of hydrogen-bond donors (Lipinski definition) is 2. The van der Waals surface area contributed by atoms with Crippen LogP contribution >= 0.6 is 24.0 Å². The molecule has 0 spiro atoms. The van der Waals surface area contributed by atoms with Gasteiger partial charge in [0.15, 0.2) is 5.96 Å². The third-order valence-corrected chi connectivity index (χ3v) is 3.34. The van der Waals surface area contributed by atoms with E-state index in [2.05, 4.69) is 10.3 Å². The topological polar surface area (TPSA) is 68.9 Å². The maximum atomic E-state index is 13.5. The van der Waals surface area contributed by atoms with Crippen molar-refractivity contribution in [1.29, 1.82) is 0 Å². The summed E-state index contributed by atoms with van der Waals surface area (Å²) in [5.41, 5.74) is 6.68. The summed E-state index contributed by atoms with van der Waals surface area (Å²) < 4.78 is 37.0. The van der Waals surface area contributed by atoms with Crippen molar-refractivity contribution in [2.24, 2.45) is 10.7 Å². The van der Waals surface area contributed by atoms with Gasteiger partial charge in [0, 0.05) is 12.6 Å². The average molecular weight is 463 g/mol. The second kappa shape index (κ2) is 10.0. The van der Waals surface area contributed by atoms with Crippen molar-refractivity contribution >= 4 is 35.6 Å². The molecule has 0 fully saturated rings. The van der Waals surface area contributed by atoms with Crippen LogP contribution in [0, 0.1) is 11.6 Å². The van der Waals surface area contributed by atoms with E-state index >= 15 is 0 Å². The number of benzene rings is 2. The molecule has 0 bridgehead atoms. The first kappa shape index (κ1) is 20.9. The Hall–Kier alpha value is -2.10. The van der Waals surface area contributed by atoms with Crippen LogP contribution in [-0.2, 0) is 6.42 Å². The molecule has 0 unspecified atom stereocenters. The highest BCUT2D eigenvalue weighted by Gasteiger charge is 2.07. The van der Waals surface area contributed by atoms with Gasteiger partial charge in [-0.25, -0.2) is 8.78 Å². The molecule has 0 saturated carbocycles. The van der Waals surface area contributed by atoms with Gasteiger partial charge in [-0.1, -0.05) is 0 Å². The van der Waals surface area contributed by atoms with E-state index in [-0.39, 0.29) is 48.5 Å². The van der Waals surface area contributed by atoms with Crippen molar-refractivity contribution in [2.45, 2.75) is 6.42 Å². The van der Waals surface area contributed by atoms with Gasteiger partial charge in [0.25, 0.3) is 0 Å². The lowest BCUT2D eigenvalue weighted by Crippen LogP contribution is -2.23. The number of halogens is 3. The van der Waals surface area contributed by atoms with E-state index in [1.54, 1.807) is 25.3 Å². The quantitative estimate of drug-likeness (QED) is 0.391. The number of aliphatic imine (C=N–C) groups is 1. The van der Waals surface area contributed by atoms with Crippen molar-refractivity contribution in [2.75, 3.05) is 26.1 Å². The average Bonchev–Trinajstić information content (AvgIpc) is 2.57. The van der Waals surface area contributed by atoms with E-state index in [0.29, 0.717) is 17.2 Å². The second-order valence-electron chi connectivity index (χ2n) is 4.94. The first-order chi connectivity index (χ1) is 11.5. The molecule has 3 N–H and O–H groups in total. The van der Waals surface area contributed by atoms with Crippen molar-refractivity contribution in [3.8, 4) is 11.5 Å². The molecular formula is C17H20F2IN3O2. The van der Waals surface area contributed by atoms with Crippen LogP contribution in [0.15, 0.2) is 41.4 Å². The van der Waals surface area contributed by atoms with E-state index in [9.17, 15) is 8.78 Å². The predicted octanol–water partition coefficient (Wildman–Crippen LogP) is 3.57. The molecule has 5 nitrogen and oxygen atoms in total. The van der Waals surface area contributed by atoms with Crippen LogP contribution in [0.25, 0.3) is 0 Å². The van der Waals surface area contributed by atoms with Gasteiger partial charge in [0.1, 0.15) is 23.1 Å². The number of nitrogens with one attached hydrogen (secondary N) is 1. The number of rotatable bonds is 6. The van der Waals surface area contributed by atoms with Crippen LogP contribution in [0.1, 0.15) is 5.56 Å². The van der Waals surface area contributed by atoms with Crippen LogP contribution in [0.4, 0.5) is 14.5 Å². The fourth-order valence-corrected chi connectivity index (χ4v) is 2.12. The van der Waals surface area contributed by atoms with Crippen molar-refractivity contribution in [3.63, 3.8) is 0 Å². The number of hydrogen-bond acceptors (Lipinski definition) is 3. The van der Waals surface area contributed by atoms with Gasteiger partial charge in [-0.3, -0.25) is 4.99 Å². The molecule has 8 heteroatoms. The zero-order valence-corrected chi connectivity index (χ0v) is 16.2. The Morgan fingerprint density at radius 3 is 2.56 bits per heavy atom. The van der Waals surface area contributed by atoms with Gasteiger partial charge < -0.3 is 20.5 Å². The van der Waals surface area contributed by atoms with Crippen LogP contribution in [0.3, 0.4) is 0 Å². The lowest BCUT2D eigenvalue weighted by atomic mass is 10.1. The van der Waals surface area contributed by atoms with Gasteiger partial charge in [-0.15, -0.1) is 24.0 Å². The molecule has 0 atom stereocenters. The summed E-state index contributed by atoms with van der Waals surface area (Å²) >= 11 is 0. The monoisotopic (exact) mass is 463 g/mol. The van der Waals surface area contributed by atoms with Crippen LogP contribution in [0.2, 0.25) is 0 Å². The Kier molecular flexibility index (Phi) is 8.39. The van der Waals surface area contributed by atoms with Crippen LogP contribution in [0.5, 0.6) is 11.5 Å². The maximum absolute atomic E-state index is 13.5. The summed E-state index contributed by atoms with van der Waals surface area (Å²) in [6.07, 6.45) is 0.237. The highest BCUT2D eigenvalue weighted by Crippen LogP contribution is 2.28. The Labute approximate surface area is 162 Å². The Bertz CT molecular complexity index is 742. The predicted molar refractivity (Wildman–Crippen MR) is 105 cm³/mol. The molecule has 0 aliphatic rings. The van der Waals surface area contributed by atoms with Gasteiger partial charge in [0.2, 0.25) is 0 Å². The number of guanidine groups is 1. The molecule has 0 aromatic heterocycles. The molecule has 25 heavy (non-hydrogen) atoms. The molecule has 136 valence electrons. The Morgan fingerprint density at radius 1 is 1.12 bits per heavy atom. The zero-order chi connectivity index (χ0) is 17.5. The summed E-state index contributed by atoms with van der Waals surface area (Å²) in [5.74, 6) is 0.395. The SMILES string of the molecule is COc1ccc(OC)c(NC(N)=NCCc2cc(F)ccc2F)c1.I. The Balaban J connectivity index is 0.00000312. The molecule has 0 radical (unpaired) electrons. The highest BCUT2D eigenvalue weighted by atomic mass is 127. The normalized spacial score (nSPS) is 10.8. The third-order valence-electron chi connectivity index (χ3n) is 3.34. The highest BCUT2D eigenvalue weighted by molar-refractivity contribution is 14.0. The smallest absolute Gasteiger partial charge is 0.193 e. The maximum Gasteiger partial charge on any atom is 0.193 e. The number of anilines is 1. The molecule has 0 aliphatic carbocycles. The summed E-state index contributed by atoms with van der Waals surface area (Å²) in [7, 11) is 3.09. The second-order valence-corrected chi connectivity index (χ2v) is 4.94. The third kappa shape index (κ3) is 6.04. The summed E-state index contributed by atoms with van der Waals surface area (Å²) in [5, 5.41) is 2.90. The minimum Gasteiger partial charge on any atom is -0.497 e. The molecule has 2 aromatic rings. The van der Waals surface area contributed by atoms with E-state index in [0.717, 1.165) is 18.2 Å². The lowest BCUT2D eigenvalue weighted by Gasteiger charge is -2.12. The largest absolute Gasteiger partial charge is 0.497 e. The number of ether oxygens (including phenoxy) is 2. The van der Waals surface area contributed by atoms with E-state index in [4.69, 9.17) is 15.2 Å². The lowest BCUT2D eigenvalue weighted by molar-refractivity contribution is 0.405. The number of methoxy groups -OCH3 is 2. The van der Waals surface area contributed by atoms with Crippen LogP contribution < -0.4 is 20.5 Å². The molecule has 0 saturated heterocycles. The Morgan fingerprint density at radius 2 is 1.88 bits per heavy atom. The summed E-state index contributed by atoms with van der Waals surface area (Å²) in [4.78, 5) is 4.11. The molecular weight excluding hydrogens is 443 g/mol. The summed E-state index contributed by atoms with van der Waals surface area (Å²) in [6.45, 7) is 0.214. The first-order valence-corrected chi connectivity index (χ1v) is 7.26. The van der Waals surface area contributed by atoms with E-state index < -0.39 is 11.6 Å². The van der Waals surface area contributed by atoms with Gasteiger partial charge in [-0.2, -0.15) is 0 Å². The van der Waals surface area contributed by atoms with Gasteiger partial charge in [0.05, 0.1) is 19.9 Å². The van der Waals surface area contributed by atoms with Gasteiger partial charge >= 0.3 is 0 Å². The zero-order valence-electron chi connectivity index (χ0n) is 13.9. The molecule has 2 aromatic carbocycles. The van der Waals surface area contributed by atoms with Gasteiger partial charge in [-0.05, 0) is 42.3 Å². The summed E-state index contributed by atoms with van der Waals surface area (Å²) in [6, 6.07) is 8.53. The molecule has 0 amide bonds. The van der Waals surface area contributed by atoms with Crippen LogP contribution in [-0.4, -0.2) is 26.7 Å². The molecule has 0 heterocycles. The molecule has 2 rings (SSSR count). The fraction of sp³-hybridized carbons (Fsp3) is 0.235. The number of nitrogens with two attached hydrogens (primary N) is 1. The minimum absolute atomic E-state index is 0. The van der Waals surface area contributed by atoms with E-state index in [1.165, 1.54) is 7.11 Å². The number of nitrogens with zero attached hydrogens (tertiary/aromatic N) is 1. The van der Waals surface area contributed by atoms with Crippen molar-refractivity contribution in [1.82, 2.24) is 0 Å². The van der Waals surface area contributed by atoms with E-state index in [1.807, 2.05) is 0 Å².